The van der Waals surface area contributed by atoms with Gasteiger partial charge in [0.2, 0.25) is 0 Å². The Morgan fingerprint density at radius 1 is 1.08 bits per heavy atom. The number of thiophene rings is 1. The SMILES string of the molecule is CCC1CCC(N(Cc2cc(-c3ccc(C)nc3)ccc2OC)C(=O)c2sc3c(F)ccc(F)c3c2Cl)CC1. The number of amides is 1. The number of aryl methyl sites for hydroxylation is 1. The topological polar surface area (TPSA) is 42.4 Å². The highest BCUT2D eigenvalue weighted by atomic mass is 35.5. The van der Waals surface area contributed by atoms with Crippen LogP contribution in [0.1, 0.15) is 60.0 Å². The van der Waals surface area contributed by atoms with Gasteiger partial charge in [-0.15, -0.1) is 11.3 Å². The highest BCUT2D eigenvalue weighted by Gasteiger charge is 2.33. The Kier molecular flexibility index (Phi) is 8.19. The van der Waals surface area contributed by atoms with Gasteiger partial charge < -0.3 is 9.64 Å². The van der Waals surface area contributed by atoms with E-state index in [2.05, 4.69) is 11.9 Å². The fraction of sp³-hybridized carbons (Fsp3) is 0.355. The Hall–Kier alpha value is -3.03. The van der Waals surface area contributed by atoms with Crippen molar-refractivity contribution in [1.82, 2.24) is 9.88 Å². The largest absolute Gasteiger partial charge is 0.496 e. The molecule has 1 aliphatic rings. The molecule has 2 aromatic heterocycles. The molecule has 0 spiro atoms. The van der Waals surface area contributed by atoms with E-state index < -0.39 is 11.6 Å². The maximum atomic E-state index is 14.6. The molecule has 0 N–H and O–H groups in total. The van der Waals surface area contributed by atoms with Gasteiger partial charge in [-0.3, -0.25) is 9.78 Å². The van der Waals surface area contributed by atoms with Crippen molar-refractivity contribution in [2.45, 2.75) is 58.5 Å². The normalized spacial score (nSPS) is 17.4. The van der Waals surface area contributed by atoms with Crippen molar-refractivity contribution in [2.24, 2.45) is 5.92 Å². The Labute approximate surface area is 236 Å². The monoisotopic (exact) mass is 568 g/mol. The fourth-order valence-corrected chi connectivity index (χ4v) is 7.01. The summed E-state index contributed by atoms with van der Waals surface area (Å²) in [5.41, 5.74) is 3.70. The van der Waals surface area contributed by atoms with Gasteiger partial charge in [0.05, 0.1) is 22.2 Å². The average Bonchev–Trinajstić information content (AvgIpc) is 3.32. The van der Waals surface area contributed by atoms with Crippen LogP contribution in [0.2, 0.25) is 5.02 Å². The lowest BCUT2D eigenvalue weighted by molar-refractivity contribution is 0.0591. The third-order valence-electron chi connectivity index (χ3n) is 7.84. The van der Waals surface area contributed by atoms with Crippen LogP contribution in [0, 0.1) is 24.5 Å². The maximum absolute atomic E-state index is 14.6. The Bertz CT molecular complexity index is 1500. The first-order valence-corrected chi connectivity index (χ1v) is 14.5. The molecule has 4 aromatic rings. The molecule has 4 nitrogen and oxygen atoms in total. The zero-order chi connectivity index (χ0) is 27.7. The van der Waals surface area contributed by atoms with E-state index in [-0.39, 0.29) is 38.5 Å². The highest BCUT2D eigenvalue weighted by Crippen LogP contribution is 2.41. The summed E-state index contributed by atoms with van der Waals surface area (Å²) in [6.45, 7) is 4.42. The number of aromatic nitrogens is 1. The van der Waals surface area contributed by atoms with Crippen molar-refractivity contribution < 1.29 is 18.3 Å². The van der Waals surface area contributed by atoms with Crippen LogP contribution in [-0.4, -0.2) is 28.9 Å². The number of hydrogen-bond acceptors (Lipinski definition) is 4. The van der Waals surface area contributed by atoms with Gasteiger partial charge in [0.15, 0.2) is 0 Å². The lowest BCUT2D eigenvalue weighted by Gasteiger charge is -2.37. The zero-order valence-corrected chi connectivity index (χ0v) is 23.8. The number of fused-ring (bicyclic) bond motifs is 1. The molecule has 1 aliphatic carbocycles. The van der Waals surface area contributed by atoms with E-state index >= 15 is 0 Å². The molecule has 0 radical (unpaired) electrons. The zero-order valence-electron chi connectivity index (χ0n) is 22.3. The molecule has 0 unspecified atom stereocenters. The van der Waals surface area contributed by atoms with Crippen LogP contribution < -0.4 is 4.74 Å². The predicted molar refractivity (Wildman–Crippen MR) is 154 cm³/mol. The molecule has 39 heavy (non-hydrogen) atoms. The van der Waals surface area contributed by atoms with Crippen molar-refractivity contribution in [3.8, 4) is 16.9 Å². The molecule has 204 valence electrons. The Balaban J connectivity index is 1.55. The highest BCUT2D eigenvalue weighted by molar-refractivity contribution is 7.21. The number of halogens is 3. The lowest BCUT2D eigenvalue weighted by atomic mass is 9.83. The van der Waals surface area contributed by atoms with Crippen molar-refractivity contribution in [3.05, 3.63) is 81.5 Å². The second-order valence-electron chi connectivity index (χ2n) is 10.2. The van der Waals surface area contributed by atoms with E-state index in [4.69, 9.17) is 16.3 Å². The molecule has 1 amide bonds. The summed E-state index contributed by atoms with van der Waals surface area (Å²) in [5.74, 6) is -0.236. The van der Waals surface area contributed by atoms with E-state index in [0.29, 0.717) is 11.7 Å². The minimum absolute atomic E-state index is 0.0225. The summed E-state index contributed by atoms with van der Waals surface area (Å²) < 4.78 is 35.0. The minimum Gasteiger partial charge on any atom is -0.496 e. The number of carbonyl (C=O) groups excluding carboxylic acids is 1. The smallest absolute Gasteiger partial charge is 0.266 e. The molecule has 0 aliphatic heterocycles. The second kappa shape index (κ2) is 11.6. The number of nitrogens with zero attached hydrogens (tertiary/aromatic N) is 2. The van der Waals surface area contributed by atoms with Crippen LogP contribution in [0.15, 0.2) is 48.7 Å². The van der Waals surface area contributed by atoms with Crippen LogP contribution >= 0.6 is 22.9 Å². The van der Waals surface area contributed by atoms with Gasteiger partial charge in [0, 0.05) is 35.6 Å². The molecular weight excluding hydrogens is 538 g/mol. The van der Waals surface area contributed by atoms with Gasteiger partial charge in [0.1, 0.15) is 22.3 Å². The summed E-state index contributed by atoms with van der Waals surface area (Å²) in [6, 6.07) is 12.0. The fourth-order valence-electron chi connectivity index (χ4n) is 5.50. The maximum Gasteiger partial charge on any atom is 0.266 e. The minimum atomic E-state index is -0.636. The number of hydrogen-bond donors (Lipinski definition) is 0. The van der Waals surface area contributed by atoms with E-state index in [0.717, 1.165) is 78.0 Å². The van der Waals surface area contributed by atoms with Crippen molar-refractivity contribution >= 4 is 38.9 Å². The summed E-state index contributed by atoms with van der Waals surface area (Å²) in [7, 11) is 1.61. The molecule has 0 atom stereocenters. The van der Waals surface area contributed by atoms with Gasteiger partial charge >= 0.3 is 0 Å². The van der Waals surface area contributed by atoms with Crippen LogP contribution in [0.4, 0.5) is 8.78 Å². The first-order chi connectivity index (χ1) is 18.8. The predicted octanol–water partition coefficient (Wildman–Crippen LogP) is 8.82. The van der Waals surface area contributed by atoms with Crippen LogP contribution in [0.5, 0.6) is 5.75 Å². The number of methoxy groups -OCH3 is 1. The van der Waals surface area contributed by atoms with E-state index in [9.17, 15) is 13.6 Å². The number of benzene rings is 2. The number of pyridine rings is 1. The lowest BCUT2D eigenvalue weighted by Crippen LogP contribution is -2.41. The van der Waals surface area contributed by atoms with Crippen LogP contribution in [0.3, 0.4) is 0 Å². The van der Waals surface area contributed by atoms with Crippen LogP contribution in [-0.2, 0) is 6.54 Å². The van der Waals surface area contributed by atoms with E-state index in [1.54, 1.807) is 7.11 Å². The van der Waals surface area contributed by atoms with Gasteiger partial charge in [-0.2, -0.15) is 0 Å². The van der Waals surface area contributed by atoms with Crippen molar-refractivity contribution in [1.29, 1.82) is 0 Å². The standard InChI is InChI=1S/C31H31ClF2N2O2S/c1-4-19-6-10-23(11-7-19)36(31(37)30-28(32)27-24(33)12-13-25(34)29(27)39-30)17-22-15-20(9-14-26(22)38-3)21-8-5-18(2)35-16-21/h5,8-9,12-16,19,23H,4,6-7,10-11,17H2,1-3H3. The first kappa shape index (κ1) is 27.5. The Morgan fingerprint density at radius 3 is 2.44 bits per heavy atom. The number of ether oxygens (including phenoxy) is 1. The van der Waals surface area contributed by atoms with Crippen molar-refractivity contribution in [2.75, 3.05) is 7.11 Å². The molecular formula is C31H31ClF2N2O2S. The first-order valence-electron chi connectivity index (χ1n) is 13.3. The second-order valence-corrected chi connectivity index (χ2v) is 11.6. The van der Waals surface area contributed by atoms with Crippen LogP contribution in [0.25, 0.3) is 21.2 Å². The summed E-state index contributed by atoms with van der Waals surface area (Å²) in [6.07, 6.45) is 6.72. The number of rotatable bonds is 7. The molecule has 0 saturated heterocycles. The van der Waals surface area contributed by atoms with Gasteiger partial charge in [-0.25, -0.2) is 8.78 Å². The molecule has 2 aromatic carbocycles. The molecule has 2 heterocycles. The third-order valence-corrected chi connectivity index (χ3v) is 9.51. The quantitative estimate of drug-likeness (QED) is 0.224. The summed E-state index contributed by atoms with van der Waals surface area (Å²) in [5, 5.41) is -0.0678. The molecule has 8 heteroatoms. The molecule has 1 fully saturated rings. The van der Waals surface area contributed by atoms with Crippen molar-refractivity contribution in [3.63, 3.8) is 0 Å². The third kappa shape index (κ3) is 5.52. The van der Waals surface area contributed by atoms with Gasteiger partial charge in [-0.05, 0) is 74.4 Å². The van der Waals surface area contributed by atoms with E-state index in [1.165, 1.54) is 0 Å². The summed E-state index contributed by atoms with van der Waals surface area (Å²) in [4.78, 5) is 20.6. The van der Waals surface area contributed by atoms with Gasteiger partial charge in [0.25, 0.3) is 5.91 Å². The molecule has 5 rings (SSSR count). The van der Waals surface area contributed by atoms with Gasteiger partial charge in [-0.1, -0.05) is 37.1 Å². The number of carbonyl (C=O) groups is 1. The van der Waals surface area contributed by atoms with E-state index in [1.807, 2.05) is 48.4 Å². The molecule has 0 bridgehead atoms. The molecule has 1 saturated carbocycles. The average molecular weight is 569 g/mol. The summed E-state index contributed by atoms with van der Waals surface area (Å²) >= 11 is 7.48. The Morgan fingerprint density at radius 2 is 1.79 bits per heavy atom.